The second-order valence-electron chi connectivity index (χ2n) is 4.22. The summed E-state index contributed by atoms with van der Waals surface area (Å²) < 4.78 is 5.68. The summed E-state index contributed by atoms with van der Waals surface area (Å²) in [5.74, 6) is 0.661. The van der Waals surface area contributed by atoms with Crippen molar-refractivity contribution in [1.82, 2.24) is 10.3 Å². The predicted molar refractivity (Wildman–Crippen MR) is 64.5 cm³/mol. The van der Waals surface area contributed by atoms with Gasteiger partial charge in [0.05, 0.1) is 13.2 Å². The van der Waals surface area contributed by atoms with Crippen molar-refractivity contribution < 1.29 is 4.74 Å². The van der Waals surface area contributed by atoms with E-state index < -0.39 is 0 Å². The van der Waals surface area contributed by atoms with Crippen molar-refractivity contribution in [3.63, 3.8) is 0 Å². The average Bonchev–Trinajstić information content (AvgIpc) is 2.33. The molecule has 1 N–H and O–H groups in total. The molecule has 88 valence electrons. The molecule has 1 aromatic rings. The molecule has 3 nitrogen and oxygen atoms in total. The van der Waals surface area contributed by atoms with Crippen LogP contribution < -0.4 is 5.32 Å². The zero-order valence-corrected chi connectivity index (χ0v) is 10.0. The van der Waals surface area contributed by atoms with Gasteiger partial charge in [-0.3, -0.25) is 0 Å². The van der Waals surface area contributed by atoms with Gasteiger partial charge < -0.3 is 10.1 Å². The molecule has 0 amide bonds. The summed E-state index contributed by atoms with van der Waals surface area (Å²) in [5.41, 5.74) is 1.08. The first-order valence-corrected chi connectivity index (χ1v) is 6.11. The van der Waals surface area contributed by atoms with Crippen molar-refractivity contribution in [3.05, 3.63) is 29.0 Å². The normalized spacial score (nSPS) is 20.9. The van der Waals surface area contributed by atoms with E-state index in [1.807, 2.05) is 6.07 Å². The SMILES string of the molecule is Clc1ccc(COCC2CCCNC2)cn1. The van der Waals surface area contributed by atoms with Crippen LogP contribution in [0.15, 0.2) is 18.3 Å². The van der Waals surface area contributed by atoms with E-state index in [-0.39, 0.29) is 0 Å². The summed E-state index contributed by atoms with van der Waals surface area (Å²) in [7, 11) is 0. The fourth-order valence-electron chi connectivity index (χ4n) is 1.90. The molecule has 1 unspecified atom stereocenters. The van der Waals surface area contributed by atoms with E-state index in [1.54, 1.807) is 12.3 Å². The maximum absolute atomic E-state index is 5.71. The highest BCUT2D eigenvalue weighted by Crippen LogP contribution is 2.12. The monoisotopic (exact) mass is 240 g/mol. The predicted octanol–water partition coefficient (Wildman–Crippen LogP) is 2.25. The number of hydrogen-bond acceptors (Lipinski definition) is 3. The van der Waals surface area contributed by atoms with E-state index in [9.17, 15) is 0 Å². The van der Waals surface area contributed by atoms with Gasteiger partial charge in [-0.1, -0.05) is 17.7 Å². The Bertz CT molecular complexity index is 309. The fourth-order valence-corrected chi connectivity index (χ4v) is 2.01. The van der Waals surface area contributed by atoms with Crippen LogP contribution in [0.1, 0.15) is 18.4 Å². The summed E-state index contributed by atoms with van der Waals surface area (Å²) >= 11 is 5.71. The smallest absolute Gasteiger partial charge is 0.129 e. The van der Waals surface area contributed by atoms with Crippen LogP contribution >= 0.6 is 11.6 Å². The molecule has 16 heavy (non-hydrogen) atoms. The lowest BCUT2D eigenvalue weighted by atomic mass is 10.0. The van der Waals surface area contributed by atoms with Gasteiger partial charge in [-0.25, -0.2) is 4.98 Å². The lowest BCUT2D eigenvalue weighted by molar-refractivity contribution is 0.0781. The van der Waals surface area contributed by atoms with Gasteiger partial charge in [0.2, 0.25) is 0 Å². The van der Waals surface area contributed by atoms with Crippen LogP contribution in [0.5, 0.6) is 0 Å². The molecule has 1 saturated heterocycles. The number of hydrogen-bond donors (Lipinski definition) is 1. The van der Waals surface area contributed by atoms with E-state index in [4.69, 9.17) is 16.3 Å². The lowest BCUT2D eigenvalue weighted by Crippen LogP contribution is -2.32. The van der Waals surface area contributed by atoms with Crippen LogP contribution in [0.3, 0.4) is 0 Å². The van der Waals surface area contributed by atoms with Gasteiger partial charge in [0.25, 0.3) is 0 Å². The van der Waals surface area contributed by atoms with Crippen molar-refractivity contribution in [1.29, 1.82) is 0 Å². The number of piperidine rings is 1. The molecule has 1 atom stereocenters. The highest BCUT2D eigenvalue weighted by molar-refractivity contribution is 6.29. The number of ether oxygens (including phenoxy) is 1. The molecular weight excluding hydrogens is 224 g/mol. The Balaban J connectivity index is 1.69. The molecule has 0 aromatic carbocycles. The summed E-state index contributed by atoms with van der Waals surface area (Å²) in [4.78, 5) is 4.02. The molecule has 4 heteroatoms. The molecular formula is C12H17ClN2O. The van der Waals surface area contributed by atoms with Gasteiger partial charge in [-0.05, 0) is 36.9 Å². The number of aromatic nitrogens is 1. The Morgan fingerprint density at radius 1 is 1.50 bits per heavy atom. The maximum Gasteiger partial charge on any atom is 0.129 e. The Morgan fingerprint density at radius 2 is 2.44 bits per heavy atom. The van der Waals surface area contributed by atoms with Crippen LogP contribution in [0.25, 0.3) is 0 Å². The zero-order valence-electron chi connectivity index (χ0n) is 9.29. The van der Waals surface area contributed by atoms with Crippen molar-refractivity contribution >= 4 is 11.6 Å². The largest absolute Gasteiger partial charge is 0.376 e. The van der Waals surface area contributed by atoms with Crippen molar-refractivity contribution in [2.45, 2.75) is 19.4 Å². The molecule has 0 bridgehead atoms. The number of rotatable bonds is 4. The highest BCUT2D eigenvalue weighted by atomic mass is 35.5. The highest BCUT2D eigenvalue weighted by Gasteiger charge is 2.12. The standard InChI is InChI=1S/C12H17ClN2O/c13-12-4-3-11(7-15-12)9-16-8-10-2-1-5-14-6-10/h3-4,7,10,14H,1-2,5-6,8-9H2. The number of nitrogens with zero attached hydrogens (tertiary/aromatic N) is 1. The number of nitrogens with one attached hydrogen (secondary N) is 1. The summed E-state index contributed by atoms with van der Waals surface area (Å²) in [6, 6.07) is 3.75. The summed E-state index contributed by atoms with van der Waals surface area (Å²) in [5, 5.41) is 3.91. The molecule has 1 fully saturated rings. The topological polar surface area (TPSA) is 34.1 Å². The van der Waals surface area contributed by atoms with Crippen LogP contribution in [-0.2, 0) is 11.3 Å². The van der Waals surface area contributed by atoms with Crippen LogP contribution in [0, 0.1) is 5.92 Å². The van der Waals surface area contributed by atoms with Gasteiger partial charge in [0.15, 0.2) is 0 Å². The molecule has 2 rings (SSSR count). The number of pyridine rings is 1. The third-order valence-corrected chi connectivity index (χ3v) is 3.03. The van der Waals surface area contributed by atoms with Gasteiger partial charge in [-0.2, -0.15) is 0 Å². The van der Waals surface area contributed by atoms with Crippen molar-refractivity contribution in [3.8, 4) is 0 Å². The average molecular weight is 241 g/mol. The number of halogens is 1. The second kappa shape index (κ2) is 6.18. The first kappa shape index (κ1) is 11.8. The van der Waals surface area contributed by atoms with E-state index >= 15 is 0 Å². The van der Waals surface area contributed by atoms with E-state index in [2.05, 4.69) is 10.3 Å². The van der Waals surface area contributed by atoms with Gasteiger partial charge in [-0.15, -0.1) is 0 Å². The van der Waals surface area contributed by atoms with E-state index in [0.29, 0.717) is 17.7 Å². The van der Waals surface area contributed by atoms with Crippen LogP contribution in [0.4, 0.5) is 0 Å². The Hall–Kier alpha value is -0.640. The second-order valence-corrected chi connectivity index (χ2v) is 4.60. The van der Waals surface area contributed by atoms with Crippen LogP contribution in [-0.4, -0.2) is 24.7 Å². The molecule has 0 aliphatic carbocycles. The Labute approximate surface area is 101 Å². The van der Waals surface area contributed by atoms with E-state index in [1.165, 1.54) is 12.8 Å². The maximum atomic E-state index is 5.71. The third-order valence-electron chi connectivity index (χ3n) is 2.81. The van der Waals surface area contributed by atoms with Gasteiger partial charge in [0.1, 0.15) is 5.15 Å². The Kier molecular flexibility index (Phi) is 4.57. The van der Waals surface area contributed by atoms with Crippen molar-refractivity contribution in [2.75, 3.05) is 19.7 Å². The van der Waals surface area contributed by atoms with Crippen molar-refractivity contribution in [2.24, 2.45) is 5.92 Å². The quantitative estimate of drug-likeness (QED) is 0.820. The molecule has 1 aromatic heterocycles. The first-order valence-electron chi connectivity index (χ1n) is 5.73. The minimum absolute atomic E-state index is 0.528. The molecule has 0 spiro atoms. The third kappa shape index (κ3) is 3.74. The molecule has 1 aliphatic heterocycles. The zero-order chi connectivity index (χ0) is 11.2. The van der Waals surface area contributed by atoms with Gasteiger partial charge >= 0.3 is 0 Å². The molecule has 2 heterocycles. The summed E-state index contributed by atoms with van der Waals surface area (Å²) in [6.07, 6.45) is 4.30. The minimum atomic E-state index is 0.528. The first-order chi connectivity index (χ1) is 7.84. The van der Waals surface area contributed by atoms with E-state index in [0.717, 1.165) is 25.3 Å². The molecule has 0 saturated carbocycles. The molecule has 1 aliphatic rings. The lowest BCUT2D eigenvalue weighted by Gasteiger charge is -2.22. The van der Waals surface area contributed by atoms with Gasteiger partial charge in [0, 0.05) is 12.7 Å². The molecule has 0 radical (unpaired) electrons. The minimum Gasteiger partial charge on any atom is -0.376 e. The summed E-state index contributed by atoms with van der Waals surface area (Å²) in [6.45, 7) is 3.69. The Morgan fingerprint density at radius 3 is 3.12 bits per heavy atom. The fraction of sp³-hybridized carbons (Fsp3) is 0.583. The van der Waals surface area contributed by atoms with Crippen LogP contribution in [0.2, 0.25) is 5.15 Å².